The van der Waals surface area contributed by atoms with E-state index in [1.54, 1.807) is 24.3 Å². The number of carbonyl (C=O) groups is 2. The number of halogens is 2. The molecule has 1 N–H and O–H groups in total. The van der Waals surface area contributed by atoms with Gasteiger partial charge in [-0.3, -0.25) is 4.79 Å². The van der Waals surface area contributed by atoms with Gasteiger partial charge < -0.3 is 14.8 Å². The molecular formula is C17H15F2NO4. The maximum Gasteiger partial charge on any atom is 0.387 e. The molecule has 0 radical (unpaired) electrons. The summed E-state index contributed by atoms with van der Waals surface area (Å²) in [6.07, 6.45) is 0. The molecule has 0 saturated heterocycles. The van der Waals surface area contributed by atoms with Crippen molar-refractivity contribution in [3.8, 4) is 5.75 Å². The molecule has 7 heteroatoms. The lowest BCUT2D eigenvalue weighted by Gasteiger charge is -2.11. The van der Waals surface area contributed by atoms with Crippen LogP contribution in [-0.4, -0.2) is 25.1 Å². The van der Waals surface area contributed by atoms with Crippen molar-refractivity contribution in [1.29, 1.82) is 0 Å². The highest BCUT2D eigenvalue weighted by Crippen LogP contribution is 2.25. The van der Waals surface area contributed by atoms with Crippen molar-refractivity contribution >= 4 is 17.6 Å². The van der Waals surface area contributed by atoms with Crippen LogP contribution in [0.25, 0.3) is 0 Å². The molecule has 0 saturated carbocycles. The van der Waals surface area contributed by atoms with Crippen LogP contribution in [0.15, 0.2) is 48.5 Å². The molecule has 0 bridgehead atoms. The van der Waals surface area contributed by atoms with Crippen molar-refractivity contribution in [1.82, 2.24) is 0 Å². The topological polar surface area (TPSA) is 64.6 Å². The van der Waals surface area contributed by atoms with Crippen LogP contribution in [0.5, 0.6) is 5.75 Å². The second kappa shape index (κ2) is 8.05. The minimum absolute atomic E-state index is 0.0643. The number of aryl methyl sites for hydroxylation is 1. The zero-order valence-electron chi connectivity index (χ0n) is 12.8. The number of alkyl halides is 2. The summed E-state index contributed by atoms with van der Waals surface area (Å²) in [5, 5.41) is 2.36. The maximum absolute atomic E-state index is 12.3. The van der Waals surface area contributed by atoms with Crippen LogP contribution in [0, 0.1) is 6.92 Å². The Hall–Kier alpha value is -2.96. The van der Waals surface area contributed by atoms with Crippen LogP contribution in [-0.2, 0) is 9.53 Å². The van der Waals surface area contributed by atoms with Crippen LogP contribution < -0.4 is 10.1 Å². The number of anilines is 1. The third kappa shape index (κ3) is 5.05. The first-order valence-corrected chi connectivity index (χ1v) is 7.03. The first-order chi connectivity index (χ1) is 11.5. The summed E-state index contributed by atoms with van der Waals surface area (Å²) < 4.78 is 33.8. The second-order valence-electron chi connectivity index (χ2n) is 4.87. The van der Waals surface area contributed by atoms with E-state index in [1.165, 1.54) is 18.2 Å². The van der Waals surface area contributed by atoms with E-state index in [0.717, 1.165) is 5.56 Å². The van der Waals surface area contributed by atoms with Gasteiger partial charge in [0.15, 0.2) is 6.61 Å². The van der Waals surface area contributed by atoms with Gasteiger partial charge in [0.05, 0.1) is 11.3 Å². The van der Waals surface area contributed by atoms with Gasteiger partial charge in [0.1, 0.15) is 5.75 Å². The Kier molecular flexibility index (Phi) is 5.83. The van der Waals surface area contributed by atoms with Gasteiger partial charge >= 0.3 is 12.6 Å². The highest BCUT2D eigenvalue weighted by Gasteiger charge is 2.14. The molecule has 2 rings (SSSR count). The second-order valence-corrected chi connectivity index (χ2v) is 4.87. The quantitative estimate of drug-likeness (QED) is 0.822. The van der Waals surface area contributed by atoms with Gasteiger partial charge in [0.25, 0.3) is 5.91 Å². The molecule has 0 heterocycles. The molecule has 126 valence electrons. The lowest BCUT2D eigenvalue weighted by atomic mass is 10.1. The van der Waals surface area contributed by atoms with Gasteiger partial charge in [0, 0.05) is 0 Å². The number of rotatable bonds is 6. The Morgan fingerprint density at radius 3 is 2.58 bits per heavy atom. The molecule has 0 fully saturated rings. The smallest absolute Gasteiger partial charge is 0.387 e. The third-order valence-corrected chi connectivity index (χ3v) is 2.97. The predicted octanol–water partition coefficient (Wildman–Crippen LogP) is 3.39. The molecule has 0 aliphatic carbocycles. The number of nitrogens with one attached hydrogen (secondary N) is 1. The minimum atomic E-state index is -3.01. The molecule has 0 aliphatic heterocycles. The Labute approximate surface area is 137 Å². The molecule has 0 unspecified atom stereocenters. The molecule has 24 heavy (non-hydrogen) atoms. The van der Waals surface area contributed by atoms with Gasteiger partial charge in [-0.15, -0.1) is 0 Å². The van der Waals surface area contributed by atoms with Crippen molar-refractivity contribution in [3.63, 3.8) is 0 Å². The highest BCUT2D eigenvalue weighted by molar-refractivity contribution is 5.96. The van der Waals surface area contributed by atoms with E-state index in [0.29, 0.717) is 5.56 Å². The Bertz CT molecular complexity index is 734. The number of para-hydroxylation sites is 2. The Balaban J connectivity index is 1.93. The van der Waals surface area contributed by atoms with E-state index in [2.05, 4.69) is 10.1 Å². The standard InChI is InChI=1S/C17H15F2NO4/c1-11-5-4-6-12(9-11)16(22)23-10-15(21)20-13-7-2-3-8-14(13)24-17(18)19/h2-9,17H,10H2,1H3,(H,20,21). The summed E-state index contributed by atoms with van der Waals surface area (Å²) >= 11 is 0. The predicted molar refractivity (Wildman–Crippen MR) is 83.2 cm³/mol. The average Bonchev–Trinajstić information content (AvgIpc) is 2.54. The summed E-state index contributed by atoms with van der Waals surface area (Å²) in [6.45, 7) is -1.73. The van der Waals surface area contributed by atoms with E-state index in [1.807, 2.05) is 13.0 Å². The number of hydrogen-bond acceptors (Lipinski definition) is 4. The maximum atomic E-state index is 12.3. The van der Waals surface area contributed by atoms with Crippen LogP contribution in [0.3, 0.4) is 0 Å². The first-order valence-electron chi connectivity index (χ1n) is 7.03. The van der Waals surface area contributed by atoms with Crippen LogP contribution in [0.2, 0.25) is 0 Å². The van der Waals surface area contributed by atoms with Gasteiger partial charge in [-0.2, -0.15) is 8.78 Å². The van der Waals surface area contributed by atoms with Gasteiger partial charge in [-0.25, -0.2) is 4.79 Å². The van der Waals surface area contributed by atoms with Gasteiger partial charge in [-0.05, 0) is 31.2 Å². The normalized spacial score (nSPS) is 10.3. The van der Waals surface area contributed by atoms with E-state index in [4.69, 9.17) is 4.74 Å². The summed E-state index contributed by atoms with van der Waals surface area (Å²) in [7, 11) is 0. The van der Waals surface area contributed by atoms with Crippen LogP contribution >= 0.6 is 0 Å². The number of ether oxygens (including phenoxy) is 2. The fraction of sp³-hybridized carbons (Fsp3) is 0.176. The summed E-state index contributed by atoms with van der Waals surface area (Å²) in [5.41, 5.74) is 1.27. The van der Waals surface area contributed by atoms with Crippen molar-refractivity contribution in [3.05, 3.63) is 59.7 Å². The van der Waals surface area contributed by atoms with Crippen molar-refractivity contribution in [2.75, 3.05) is 11.9 Å². The molecule has 2 aromatic carbocycles. The number of esters is 1. The summed E-state index contributed by atoms with van der Waals surface area (Å²) in [6, 6.07) is 12.5. The molecule has 2 aromatic rings. The van der Waals surface area contributed by atoms with E-state index in [9.17, 15) is 18.4 Å². The average molecular weight is 335 g/mol. The van der Waals surface area contributed by atoms with Crippen molar-refractivity contribution < 1.29 is 27.8 Å². The monoisotopic (exact) mass is 335 g/mol. The molecule has 0 spiro atoms. The lowest BCUT2D eigenvalue weighted by molar-refractivity contribution is -0.119. The molecule has 0 aromatic heterocycles. The number of amides is 1. The van der Waals surface area contributed by atoms with Gasteiger partial charge in [0.2, 0.25) is 0 Å². The number of carbonyl (C=O) groups excluding carboxylic acids is 2. The summed E-state index contributed by atoms with van der Waals surface area (Å²) in [4.78, 5) is 23.7. The van der Waals surface area contributed by atoms with Gasteiger partial charge in [-0.1, -0.05) is 29.8 Å². The zero-order valence-corrected chi connectivity index (χ0v) is 12.8. The van der Waals surface area contributed by atoms with Crippen LogP contribution in [0.1, 0.15) is 15.9 Å². The van der Waals surface area contributed by atoms with Crippen molar-refractivity contribution in [2.45, 2.75) is 13.5 Å². The molecule has 1 amide bonds. The number of hydrogen-bond donors (Lipinski definition) is 1. The Morgan fingerprint density at radius 2 is 1.88 bits per heavy atom. The molecule has 0 aliphatic rings. The number of benzene rings is 2. The minimum Gasteiger partial charge on any atom is -0.452 e. The van der Waals surface area contributed by atoms with E-state index >= 15 is 0 Å². The van der Waals surface area contributed by atoms with Crippen molar-refractivity contribution in [2.24, 2.45) is 0 Å². The zero-order chi connectivity index (χ0) is 17.5. The SMILES string of the molecule is Cc1cccc(C(=O)OCC(=O)Nc2ccccc2OC(F)F)c1. The lowest BCUT2D eigenvalue weighted by Crippen LogP contribution is -2.21. The van der Waals surface area contributed by atoms with E-state index in [-0.39, 0.29) is 11.4 Å². The summed E-state index contributed by atoms with van der Waals surface area (Å²) in [5.74, 6) is -1.49. The fourth-order valence-electron chi connectivity index (χ4n) is 1.94. The first kappa shape index (κ1) is 17.4. The van der Waals surface area contributed by atoms with E-state index < -0.39 is 25.1 Å². The largest absolute Gasteiger partial charge is 0.452 e. The molecule has 0 atom stereocenters. The highest BCUT2D eigenvalue weighted by atomic mass is 19.3. The third-order valence-electron chi connectivity index (χ3n) is 2.97. The molecular weight excluding hydrogens is 320 g/mol. The van der Waals surface area contributed by atoms with Crippen LogP contribution in [0.4, 0.5) is 14.5 Å². The Morgan fingerprint density at radius 1 is 1.12 bits per heavy atom. The fourth-order valence-corrected chi connectivity index (χ4v) is 1.94. The molecule has 5 nitrogen and oxygen atoms in total.